The van der Waals surface area contributed by atoms with Gasteiger partial charge in [0.2, 0.25) is 5.88 Å². The largest absolute Gasteiger partial charge is 0.478 e. The molecule has 34 heavy (non-hydrogen) atoms. The minimum absolute atomic E-state index is 0.285. The van der Waals surface area contributed by atoms with Crippen molar-refractivity contribution in [1.29, 1.82) is 0 Å². The predicted octanol–water partition coefficient (Wildman–Crippen LogP) is 4.16. The van der Waals surface area contributed by atoms with Crippen LogP contribution in [0.2, 0.25) is 0 Å². The van der Waals surface area contributed by atoms with Crippen molar-refractivity contribution < 1.29 is 18.8 Å². The quantitative estimate of drug-likeness (QED) is 0.444. The zero-order chi connectivity index (χ0) is 24.8. The number of anilines is 1. The van der Waals surface area contributed by atoms with Crippen LogP contribution in [0.5, 0.6) is 5.88 Å². The molecule has 2 saturated heterocycles. The van der Waals surface area contributed by atoms with Crippen molar-refractivity contribution in [3.63, 3.8) is 0 Å². The molecule has 4 heterocycles. The number of piperidine rings is 1. The molecule has 0 bridgehead atoms. The molecule has 0 atom stereocenters. The second kappa shape index (κ2) is 15.4. The number of hydrogen-bond donors (Lipinski definition) is 1. The average Bonchev–Trinajstić information content (AvgIpc) is 3.59. The Morgan fingerprint density at radius 1 is 1.18 bits per heavy atom. The van der Waals surface area contributed by atoms with E-state index in [1.165, 1.54) is 19.9 Å². The van der Waals surface area contributed by atoms with Gasteiger partial charge in [-0.05, 0) is 64.5 Å². The third-order valence-electron chi connectivity index (χ3n) is 5.89. The Morgan fingerprint density at radius 2 is 1.88 bits per heavy atom. The first-order chi connectivity index (χ1) is 16.6. The zero-order valence-electron chi connectivity index (χ0n) is 21.2. The van der Waals surface area contributed by atoms with E-state index in [0.717, 1.165) is 64.1 Å². The summed E-state index contributed by atoms with van der Waals surface area (Å²) in [6.45, 7) is 10.5. The molecule has 2 aliphatic heterocycles. The van der Waals surface area contributed by atoms with Crippen LogP contribution in [0.25, 0.3) is 0 Å². The second-order valence-electron chi connectivity index (χ2n) is 8.77. The molecule has 190 valence electrons. The number of nitrogens with two attached hydrogens (primary N) is 1. The topological polar surface area (TPSA) is 117 Å². The van der Waals surface area contributed by atoms with E-state index < -0.39 is 0 Å². The smallest absolute Gasteiger partial charge is 0.324 e. The third-order valence-corrected chi connectivity index (χ3v) is 5.89. The monoisotopic (exact) mass is 475 g/mol. The summed E-state index contributed by atoms with van der Waals surface area (Å²) in [6.07, 6.45) is 7.77. The van der Waals surface area contributed by atoms with Crippen LogP contribution in [0.1, 0.15) is 80.2 Å². The summed E-state index contributed by atoms with van der Waals surface area (Å²) in [7, 11) is 1.50. The number of carbonyl (C=O) groups is 1. The molecular formula is C25H41N5O4. The molecule has 2 fully saturated rings. The minimum atomic E-state index is 0.285. The summed E-state index contributed by atoms with van der Waals surface area (Å²) in [6, 6.07) is 4.16. The van der Waals surface area contributed by atoms with Crippen molar-refractivity contribution in [2.45, 2.75) is 65.2 Å². The molecular weight excluding hydrogens is 434 g/mol. The van der Waals surface area contributed by atoms with E-state index in [1.807, 2.05) is 6.92 Å². The van der Waals surface area contributed by atoms with Gasteiger partial charge in [0.15, 0.2) is 12.1 Å². The lowest BCUT2D eigenvalue weighted by Crippen LogP contribution is -2.34. The fourth-order valence-corrected chi connectivity index (χ4v) is 3.82. The van der Waals surface area contributed by atoms with Crippen LogP contribution >= 0.6 is 0 Å². The molecule has 0 aromatic carbocycles. The van der Waals surface area contributed by atoms with Crippen LogP contribution in [0.15, 0.2) is 16.7 Å². The number of ether oxygens (including phenoxy) is 2. The summed E-state index contributed by atoms with van der Waals surface area (Å²) in [4.78, 5) is 21.8. The normalized spacial score (nSPS) is 15.9. The molecule has 2 N–H and O–H groups in total. The fraction of sp³-hybridized carbons (Fsp3) is 0.680. The number of pyridine rings is 1. The highest BCUT2D eigenvalue weighted by atomic mass is 16.5. The number of hydrogen-bond acceptors (Lipinski definition) is 9. The Kier molecular flexibility index (Phi) is 12.6. The maximum atomic E-state index is 10.8. The Balaban J connectivity index is 0.000000507. The van der Waals surface area contributed by atoms with Gasteiger partial charge in [0.1, 0.15) is 0 Å². The summed E-state index contributed by atoms with van der Waals surface area (Å²) >= 11 is 0. The number of aryl methyl sites for hydroxylation is 1. The third kappa shape index (κ3) is 9.02. The summed E-state index contributed by atoms with van der Waals surface area (Å²) < 4.78 is 16.1. The van der Waals surface area contributed by atoms with Crippen molar-refractivity contribution in [2.75, 3.05) is 44.9 Å². The standard InChI is InChI=1S/C20H28N4O3.C4H8O.CH5N/c1-14(2)19-22-20(27-23-19)24-10-8-16(9-11-24)5-4-12-26-18-7-6-17(13-25)15(3)21-18;1-2-4-5-3-1;1-2/h6-7,13-14,16H,4-5,8-12H2,1-3H3;1-4H2;2H2,1H3. The first-order valence-electron chi connectivity index (χ1n) is 12.4. The lowest BCUT2D eigenvalue weighted by molar-refractivity contribution is 0.112. The Hall–Kier alpha value is -2.52. The van der Waals surface area contributed by atoms with Crippen LogP contribution < -0.4 is 15.4 Å². The van der Waals surface area contributed by atoms with E-state index in [-0.39, 0.29) is 5.92 Å². The Morgan fingerprint density at radius 3 is 2.41 bits per heavy atom. The van der Waals surface area contributed by atoms with E-state index in [9.17, 15) is 4.79 Å². The lowest BCUT2D eigenvalue weighted by Gasteiger charge is -2.30. The number of rotatable bonds is 8. The summed E-state index contributed by atoms with van der Waals surface area (Å²) in [5, 5.41) is 4.05. The molecule has 0 radical (unpaired) electrons. The highest BCUT2D eigenvalue weighted by Gasteiger charge is 2.23. The molecule has 0 saturated carbocycles. The molecule has 0 unspecified atom stereocenters. The zero-order valence-corrected chi connectivity index (χ0v) is 21.2. The van der Waals surface area contributed by atoms with E-state index in [1.54, 1.807) is 12.1 Å². The van der Waals surface area contributed by atoms with Crippen molar-refractivity contribution in [1.82, 2.24) is 15.1 Å². The number of nitrogens with zero attached hydrogens (tertiary/aromatic N) is 4. The van der Waals surface area contributed by atoms with Gasteiger partial charge in [-0.2, -0.15) is 4.98 Å². The summed E-state index contributed by atoms with van der Waals surface area (Å²) in [5.41, 5.74) is 5.81. The van der Waals surface area contributed by atoms with Gasteiger partial charge < -0.3 is 24.6 Å². The van der Waals surface area contributed by atoms with Gasteiger partial charge in [0.05, 0.1) is 12.3 Å². The van der Waals surface area contributed by atoms with E-state index in [4.69, 9.17) is 14.0 Å². The first-order valence-corrected chi connectivity index (χ1v) is 12.4. The van der Waals surface area contributed by atoms with Gasteiger partial charge >= 0.3 is 6.01 Å². The van der Waals surface area contributed by atoms with E-state index >= 15 is 0 Å². The van der Waals surface area contributed by atoms with Gasteiger partial charge in [-0.25, -0.2) is 4.98 Å². The number of aldehydes is 1. The molecule has 9 nitrogen and oxygen atoms in total. The molecule has 2 aliphatic rings. The lowest BCUT2D eigenvalue weighted by atomic mass is 9.92. The average molecular weight is 476 g/mol. The maximum absolute atomic E-state index is 10.8. The van der Waals surface area contributed by atoms with Gasteiger partial charge in [-0.3, -0.25) is 4.79 Å². The van der Waals surface area contributed by atoms with Crippen LogP contribution in [-0.2, 0) is 4.74 Å². The Labute approximate surface area is 203 Å². The number of aromatic nitrogens is 3. The molecule has 4 rings (SSSR count). The van der Waals surface area contributed by atoms with Gasteiger partial charge in [0, 0.05) is 43.9 Å². The van der Waals surface area contributed by atoms with E-state index in [0.29, 0.717) is 35.7 Å². The van der Waals surface area contributed by atoms with Gasteiger partial charge in [-0.1, -0.05) is 19.0 Å². The number of carbonyl (C=O) groups excluding carboxylic acids is 1. The summed E-state index contributed by atoms with van der Waals surface area (Å²) in [5.74, 6) is 2.34. The molecule has 2 aromatic heterocycles. The minimum Gasteiger partial charge on any atom is -0.478 e. The van der Waals surface area contributed by atoms with E-state index in [2.05, 4.69) is 39.6 Å². The van der Waals surface area contributed by atoms with Crippen LogP contribution in [0.4, 0.5) is 6.01 Å². The van der Waals surface area contributed by atoms with Crippen molar-refractivity contribution in [3.05, 3.63) is 29.2 Å². The SMILES string of the molecule is C1CCOC1.CN.Cc1nc(OCCCC2CCN(c3nc(C(C)C)no3)CC2)ccc1C=O. The highest BCUT2D eigenvalue weighted by Crippen LogP contribution is 2.26. The van der Waals surface area contributed by atoms with Gasteiger partial charge in [-0.15, -0.1) is 0 Å². The highest BCUT2D eigenvalue weighted by molar-refractivity contribution is 5.76. The molecule has 0 amide bonds. The molecule has 0 spiro atoms. The molecule has 2 aromatic rings. The predicted molar refractivity (Wildman–Crippen MR) is 133 cm³/mol. The van der Waals surface area contributed by atoms with Crippen LogP contribution in [-0.4, -0.2) is 61.4 Å². The van der Waals surface area contributed by atoms with Crippen LogP contribution in [0.3, 0.4) is 0 Å². The first kappa shape index (κ1) is 27.7. The van der Waals surface area contributed by atoms with Crippen molar-refractivity contribution >= 4 is 12.3 Å². The van der Waals surface area contributed by atoms with Crippen molar-refractivity contribution in [2.24, 2.45) is 11.7 Å². The Bertz CT molecular complexity index is 823. The molecule has 0 aliphatic carbocycles. The molecule has 9 heteroatoms. The maximum Gasteiger partial charge on any atom is 0.324 e. The second-order valence-corrected chi connectivity index (χ2v) is 8.77. The van der Waals surface area contributed by atoms with Crippen molar-refractivity contribution in [3.8, 4) is 5.88 Å². The fourth-order valence-electron chi connectivity index (χ4n) is 3.82. The van der Waals surface area contributed by atoms with Crippen LogP contribution in [0, 0.1) is 12.8 Å². The van der Waals surface area contributed by atoms with Gasteiger partial charge in [0.25, 0.3) is 0 Å².